The summed E-state index contributed by atoms with van der Waals surface area (Å²) in [5.41, 5.74) is 4.52. The van der Waals surface area contributed by atoms with Gasteiger partial charge in [0.05, 0.1) is 0 Å². The maximum Gasteiger partial charge on any atom is 0.254 e. The highest BCUT2D eigenvalue weighted by molar-refractivity contribution is 5.76. The number of aromatic nitrogens is 3. The Morgan fingerprint density at radius 2 is 1.93 bits per heavy atom. The number of carbonyl (C=O) groups is 1. The van der Waals surface area contributed by atoms with Crippen molar-refractivity contribution in [2.75, 3.05) is 0 Å². The molecule has 1 aliphatic carbocycles. The van der Waals surface area contributed by atoms with E-state index < -0.39 is 0 Å². The van der Waals surface area contributed by atoms with E-state index in [1.54, 1.807) is 24.5 Å². The van der Waals surface area contributed by atoms with E-state index in [1.165, 1.54) is 11.1 Å². The molecule has 0 spiro atoms. The number of pyridine rings is 1. The third-order valence-electron chi connectivity index (χ3n) is 5.49. The van der Waals surface area contributed by atoms with Crippen molar-refractivity contribution in [1.29, 1.82) is 0 Å². The Morgan fingerprint density at radius 3 is 2.69 bits per heavy atom. The minimum Gasteiger partial charge on any atom is -0.353 e. The molecule has 0 fully saturated rings. The maximum absolute atomic E-state index is 12.5. The number of hydrogen-bond donors (Lipinski definition) is 2. The second kappa shape index (κ2) is 8.39. The van der Waals surface area contributed by atoms with E-state index >= 15 is 0 Å². The highest BCUT2D eigenvalue weighted by atomic mass is 16.1. The molecule has 6 nitrogen and oxygen atoms in total. The number of benzene rings is 1. The Hall–Kier alpha value is -3.28. The summed E-state index contributed by atoms with van der Waals surface area (Å²) >= 11 is 0. The minimum atomic E-state index is -0.191. The van der Waals surface area contributed by atoms with Crippen molar-refractivity contribution in [1.82, 2.24) is 20.3 Å². The fourth-order valence-electron chi connectivity index (χ4n) is 3.91. The number of aryl methyl sites for hydroxylation is 2. The van der Waals surface area contributed by atoms with Gasteiger partial charge in [-0.2, -0.15) is 0 Å². The molecule has 1 aliphatic rings. The lowest BCUT2D eigenvalue weighted by Crippen LogP contribution is -2.39. The highest BCUT2D eigenvalue weighted by Gasteiger charge is 2.20. The van der Waals surface area contributed by atoms with E-state index in [9.17, 15) is 9.59 Å². The minimum absolute atomic E-state index is 0.0219. The van der Waals surface area contributed by atoms with Crippen molar-refractivity contribution < 1.29 is 4.79 Å². The van der Waals surface area contributed by atoms with E-state index in [1.807, 2.05) is 13.0 Å². The molecule has 29 heavy (non-hydrogen) atoms. The van der Waals surface area contributed by atoms with Gasteiger partial charge >= 0.3 is 0 Å². The lowest BCUT2D eigenvalue weighted by atomic mass is 9.88. The summed E-state index contributed by atoms with van der Waals surface area (Å²) in [5.74, 6) is 0.496. The van der Waals surface area contributed by atoms with Crippen LogP contribution in [0.25, 0.3) is 11.4 Å². The Bertz CT molecular complexity index is 1080. The number of H-pyrrole nitrogens is 1. The molecule has 4 rings (SSSR count). The summed E-state index contributed by atoms with van der Waals surface area (Å²) in [4.78, 5) is 36.3. The molecule has 0 saturated carbocycles. The summed E-state index contributed by atoms with van der Waals surface area (Å²) in [6, 6.07) is 12.1. The van der Waals surface area contributed by atoms with E-state index in [4.69, 9.17) is 0 Å². The summed E-state index contributed by atoms with van der Waals surface area (Å²) < 4.78 is 0. The van der Waals surface area contributed by atoms with Gasteiger partial charge in [-0.25, -0.2) is 4.98 Å². The van der Waals surface area contributed by atoms with Crippen LogP contribution in [0.3, 0.4) is 0 Å². The zero-order valence-electron chi connectivity index (χ0n) is 16.4. The van der Waals surface area contributed by atoms with Crippen LogP contribution in [0.15, 0.2) is 53.6 Å². The molecule has 1 atom stereocenters. The molecule has 1 aromatic carbocycles. The number of nitrogens with zero attached hydrogens (tertiary/aromatic N) is 2. The predicted octanol–water partition coefficient (Wildman–Crippen LogP) is 2.75. The van der Waals surface area contributed by atoms with Gasteiger partial charge in [-0.1, -0.05) is 24.3 Å². The van der Waals surface area contributed by atoms with Crippen LogP contribution in [0.4, 0.5) is 0 Å². The van der Waals surface area contributed by atoms with Gasteiger partial charge in [0.2, 0.25) is 5.91 Å². The topological polar surface area (TPSA) is 87.7 Å². The third-order valence-corrected chi connectivity index (χ3v) is 5.49. The zero-order valence-corrected chi connectivity index (χ0v) is 16.4. The number of amides is 1. The summed E-state index contributed by atoms with van der Waals surface area (Å²) in [7, 11) is 0. The predicted molar refractivity (Wildman–Crippen MR) is 112 cm³/mol. The SMILES string of the molecule is Cc1nc(-c2ccncc2)[nH]c(=O)c1CCC(=O)NC1CCc2ccccc2C1. The van der Waals surface area contributed by atoms with Crippen LogP contribution >= 0.6 is 0 Å². The molecule has 0 aliphatic heterocycles. The molecule has 6 heteroatoms. The van der Waals surface area contributed by atoms with Crippen molar-refractivity contribution in [3.8, 4) is 11.4 Å². The second-order valence-electron chi connectivity index (χ2n) is 7.49. The van der Waals surface area contributed by atoms with Crippen LogP contribution in [0, 0.1) is 6.92 Å². The number of carbonyl (C=O) groups excluding carboxylic acids is 1. The molecule has 3 aromatic rings. The molecule has 1 amide bonds. The van der Waals surface area contributed by atoms with E-state index in [2.05, 4.69) is 38.5 Å². The van der Waals surface area contributed by atoms with Crippen LogP contribution in [-0.4, -0.2) is 26.9 Å². The van der Waals surface area contributed by atoms with Crippen molar-refractivity contribution in [2.45, 2.75) is 45.1 Å². The van der Waals surface area contributed by atoms with Gasteiger partial charge in [0, 0.05) is 41.7 Å². The second-order valence-corrected chi connectivity index (χ2v) is 7.49. The molecule has 0 bridgehead atoms. The first-order valence-electron chi connectivity index (χ1n) is 9.96. The van der Waals surface area contributed by atoms with Gasteiger partial charge < -0.3 is 10.3 Å². The average molecular weight is 388 g/mol. The molecule has 0 saturated heterocycles. The van der Waals surface area contributed by atoms with Crippen LogP contribution < -0.4 is 10.9 Å². The number of fused-ring (bicyclic) bond motifs is 1. The van der Waals surface area contributed by atoms with Crippen LogP contribution in [0.2, 0.25) is 0 Å². The van der Waals surface area contributed by atoms with Crippen molar-refractivity contribution in [3.63, 3.8) is 0 Å². The standard InChI is InChI=1S/C23H24N4O2/c1-15-20(23(29)27-22(25-15)17-10-12-24-13-11-17)8-9-21(28)26-19-7-6-16-4-2-3-5-18(16)14-19/h2-5,10-13,19H,6-9,14H2,1H3,(H,26,28)(H,25,27,29). The Balaban J connectivity index is 1.38. The van der Waals surface area contributed by atoms with Crippen LogP contribution in [0.1, 0.15) is 35.2 Å². The van der Waals surface area contributed by atoms with Gasteiger partial charge in [0.25, 0.3) is 5.56 Å². The van der Waals surface area contributed by atoms with Gasteiger partial charge in [-0.15, -0.1) is 0 Å². The molecule has 148 valence electrons. The smallest absolute Gasteiger partial charge is 0.254 e. The summed E-state index contributed by atoms with van der Waals surface area (Å²) in [6.07, 6.45) is 6.77. The molecular formula is C23H24N4O2. The first kappa shape index (κ1) is 19.1. The van der Waals surface area contributed by atoms with Gasteiger partial charge in [-0.3, -0.25) is 14.6 Å². The first-order valence-corrected chi connectivity index (χ1v) is 9.96. The Labute approximate surface area is 169 Å². The van der Waals surface area contributed by atoms with Gasteiger partial charge in [0.1, 0.15) is 5.82 Å². The lowest BCUT2D eigenvalue weighted by Gasteiger charge is -2.25. The van der Waals surface area contributed by atoms with E-state index in [0.717, 1.165) is 24.8 Å². The monoisotopic (exact) mass is 388 g/mol. The van der Waals surface area contributed by atoms with E-state index in [-0.39, 0.29) is 23.9 Å². The highest BCUT2D eigenvalue weighted by Crippen LogP contribution is 2.21. The Kier molecular flexibility index (Phi) is 5.51. The van der Waals surface area contributed by atoms with Crippen LogP contribution in [-0.2, 0) is 24.1 Å². The fraction of sp³-hybridized carbons (Fsp3) is 0.304. The lowest BCUT2D eigenvalue weighted by molar-refractivity contribution is -0.121. The Morgan fingerprint density at radius 1 is 1.17 bits per heavy atom. The first-order chi connectivity index (χ1) is 14.1. The average Bonchev–Trinajstić information content (AvgIpc) is 2.73. The van der Waals surface area contributed by atoms with Crippen molar-refractivity contribution in [3.05, 3.63) is 81.5 Å². The maximum atomic E-state index is 12.5. The molecular weight excluding hydrogens is 364 g/mol. The van der Waals surface area contributed by atoms with Gasteiger partial charge in [-0.05, 0) is 55.9 Å². The quantitative estimate of drug-likeness (QED) is 0.704. The van der Waals surface area contributed by atoms with Crippen molar-refractivity contribution >= 4 is 5.91 Å². The number of hydrogen-bond acceptors (Lipinski definition) is 4. The third kappa shape index (κ3) is 4.42. The molecule has 0 radical (unpaired) electrons. The largest absolute Gasteiger partial charge is 0.353 e. The van der Waals surface area contributed by atoms with E-state index in [0.29, 0.717) is 23.5 Å². The normalized spacial score (nSPS) is 15.6. The summed E-state index contributed by atoms with van der Waals surface area (Å²) in [6.45, 7) is 1.81. The number of aromatic amines is 1. The molecule has 2 aromatic heterocycles. The molecule has 2 heterocycles. The van der Waals surface area contributed by atoms with Crippen molar-refractivity contribution in [2.24, 2.45) is 0 Å². The zero-order chi connectivity index (χ0) is 20.2. The number of rotatable bonds is 5. The summed E-state index contributed by atoms with van der Waals surface area (Å²) in [5, 5.41) is 3.13. The van der Waals surface area contributed by atoms with Crippen LogP contribution in [0.5, 0.6) is 0 Å². The number of nitrogens with one attached hydrogen (secondary N) is 2. The molecule has 2 N–H and O–H groups in total. The fourth-order valence-corrected chi connectivity index (χ4v) is 3.91. The molecule has 1 unspecified atom stereocenters. The van der Waals surface area contributed by atoms with Gasteiger partial charge in [0.15, 0.2) is 0 Å².